The van der Waals surface area contributed by atoms with Gasteiger partial charge >= 0.3 is 0 Å². The normalized spacial score (nSPS) is 14.7. The molecule has 2 aromatic carbocycles. The molecule has 0 atom stereocenters. The highest BCUT2D eigenvalue weighted by molar-refractivity contribution is 7.89. The van der Waals surface area contributed by atoms with Gasteiger partial charge in [-0.05, 0) is 24.3 Å². The van der Waals surface area contributed by atoms with Crippen LogP contribution in [0.2, 0.25) is 5.02 Å². The Morgan fingerprint density at radius 3 is 2.78 bits per heavy atom. The molecule has 3 aromatic rings. The SMILES string of the molecule is COc1cccc(-c2nc3c(s2)CN(S(=O)(=O)c2ccccc2Cl)CC3)c1. The molecule has 0 saturated carbocycles. The average Bonchev–Trinajstić information content (AvgIpc) is 3.11. The Morgan fingerprint density at radius 1 is 1.19 bits per heavy atom. The second kappa shape index (κ2) is 7.24. The third-order valence-electron chi connectivity index (χ3n) is 4.47. The van der Waals surface area contributed by atoms with Gasteiger partial charge in [0.25, 0.3) is 0 Å². The van der Waals surface area contributed by atoms with E-state index in [1.54, 1.807) is 31.4 Å². The first-order chi connectivity index (χ1) is 13.0. The maximum atomic E-state index is 13.0. The van der Waals surface area contributed by atoms with Gasteiger partial charge in [-0.2, -0.15) is 4.31 Å². The van der Waals surface area contributed by atoms with Crippen LogP contribution >= 0.6 is 22.9 Å². The molecule has 1 aromatic heterocycles. The maximum Gasteiger partial charge on any atom is 0.244 e. The second-order valence-corrected chi connectivity index (χ2v) is 9.54. The number of hydrogen-bond donors (Lipinski definition) is 0. The fourth-order valence-electron chi connectivity index (χ4n) is 3.05. The zero-order chi connectivity index (χ0) is 19.0. The van der Waals surface area contributed by atoms with Crippen LogP contribution in [0.1, 0.15) is 10.6 Å². The Bertz CT molecular complexity index is 1100. The number of ether oxygens (including phenoxy) is 1. The van der Waals surface area contributed by atoms with Crippen LogP contribution in [0.15, 0.2) is 53.4 Å². The number of sulfonamides is 1. The lowest BCUT2D eigenvalue weighted by atomic mass is 10.2. The number of nitrogens with zero attached hydrogens (tertiary/aromatic N) is 2. The predicted octanol–water partition coefficient (Wildman–Crippen LogP) is 4.22. The lowest BCUT2D eigenvalue weighted by molar-refractivity contribution is 0.393. The molecule has 0 amide bonds. The minimum absolute atomic E-state index is 0.146. The Hall–Kier alpha value is -1.93. The van der Waals surface area contributed by atoms with Crippen LogP contribution in [-0.4, -0.2) is 31.4 Å². The number of hydrogen-bond acceptors (Lipinski definition) is 5. The Balaban J connectivity index is 1.64. The number of benzene rings is 2. The standard InChI is InChI=1S/C19H17ClN2O3S2/c1-25-14-6-4-5-13(11-14)19-21-16-9-10-22(12-17(16)26-19)27(23,24)18-8-3-2-7-15(18)20/h2-8,11H,9-10,12H2,1H3. The topological polar surface area (TPSA) is 59.5 Å². The summed E-state index contributed by atoms with van der Waals surface area (Å²) in [6.07, 6.45) is 0.583. The van der Waals surface area contributed by atoms with Crippen LogP contribution in [0.5, 0.6) is 5.75 Å². The van der Waals surface area contributed by atoms with Crippen LogP contribution in [0.3, 0.4) is 0 Å². The Morgan fingerprint density at radius 2 is 2.00 bits per heavy atom. The van der Waals surface area contributed by atoms with E-state index < -0.39 is 10.0 Å². The number of halogens is 1. The van der Waals surface area contributed by atoms with Crippen LogP contribution in [0, 0.1) is 0 Å². The summed E-state index contributed by atoms with van der Waals surface area (Å²) in [5, 5.41) is 1.11. The van der Waals surface area contributed by atoms with Gasteiger partial charge in [0.15, 0.2) is 0 Å². The van der Waals surface area contributed by atoms with Crippen molar-refractivity contribution in [1.82, 2.24) is 9.29 Å². The summed E-state index contributed by atoms with van der Waals surface area (Å²) < 4.78 is 32.7. The van der Waals surface area contributed by atoms with Crippen molar-refractivity contribution in [3.8, 4) is 16.3 Å². The van der Waals surface area contributed by atoms with Crippen molar-refractivity contribution < 1.29 is 13.2 Å². The summed E-state index contributed by atoms with van der Waals surface area (Å²) in [5.41, 5.74) is 1.93. The molecule has 0 N–H and O–H groups in total. The lowest BCUT2D eigenvalue weighted by Crippen LogP contribution is -2.35. The van der Waals surface area contributed by atoms with Crippen LogP contribution in [0.4, 0.5) is 0 Å². The van der Waals surface area contributed by atoms with Crippen molar-refractivity contribution in [1.29, 1.82) is 0 Å². The van der Waals surface area contributed by atoms with Gasteiger partial charge in [-0.15, -0.1) is 11.3 Å². The van der Waals surface area contributed by atoms with Gasteiger partial charge in [0.2, 0.25) is 10.0 Å². The number of methoxy groups -OCH3 is 1. The Labute approximate surface area is 167 Å². The van der Waals surface area contributed by atoms with Crippen LogP contribution in [-0.2, 0) is 23.0 Å². The van der Waals surface area contributed by atoms with Crippen molar-refractivity contribution in [3.05, 3.63) is 64.1 Å². The molecule has 1 aliphatic heterocycles. The van der Waals surface area contributed by atoms with Gasteiger partial charge in [0, 0.05) is 23.4 Å². The molecule has 0 spiro atoms. The van der Waals surface area contributed by atoms with Crippen LogP contribution < -0.4 is 4.74 Å². The smallest absolute Gasteiger partial charge is 0.244 e. The summed E-state index contributed by atoms with van der Waals surface area (Å²) in [6.45, 7) is 0.701. The first-order valence-corrected chi connectivity index (χ1v) is 11.0. The van der Waals surface area contributed by atoms with Crippen molar-refractivity contribution in [2.45, 2.75) is 17.9 Å². The molecule has 5 nitrogen and oxygen atoms in total. The molecule has 0 fully saturated rings. The highest BCUT2D eigenvalue weighted by Crippen LogP contribution is 2.35. The van der Waals surface area contributed by atoms with E-state index in [0.717, 1.165) is 26.9 Å². The molecule has 0 aliphatic carbocycles. The van der Waals surface area contributed by atoms with E-state index in [4.69, 9.17) is 21.3 Å². The molecular formula is C19H17ClN2O3S2. The summed E-state index contributed by atoms with van der Waals surface area (Å²) in [4.78, 5) is 5.83. The average molecular weight is 421 g/mol. The molecule has 0 unspecified atom stereocenters. The van der Waals surface area contributed by atoms with Crippen molar-refractivity contribution >= 4 is 33.0 Å². The maximum absolute atomic E-state index is 13.0. The largest absolute Gasteiger partial charge is 0.497 e. The summed E-state index contributed by atoms with van der Waals surface area (Å²) >= 11 is 7.63. The highest BCUT2D eigenvalue weighted by atomic mass is 35.5. The van der Waals surface area contributed by atoms with E-state index in [1.807, 2.05) is 24.3 Å². The Kier molecular flexibility index (Phi) is 4.94. The molecule has 0 bridgehead atoms. The van der Waals surface area contributed by atoms with Crippen LogP contribution in [0.25, 0.3) is 10.6 Å². The fraction of sp³-hybridized carbons (Fsp3) is 0.211. The third-order valence-corrected chi connectivity index (χ3v) is 7.94. The van der Waals surface area contributed by atoms with Crippen molar-refractivity contribution in [2.24, 2.45) is 0 Å². The molecule has 2 heterocycles. The minimum atomic E-state index is -3.64. The van der Waals surface area contributed by atoms with Gasteiger partial charge in [-0.25, -0.2) is 13.4 Å². The van der Waals surface area contributed by atoms with Gasteiger partial charge in [0.05, 0.1) is 24.4 Å². The zero-order valence-corrected chi connectivity index (χ0v) is 16.9. The molecule has 140 valence electrons. The van der Waals surface area contributed by atoms with E-state index in [1.165, 1.54) is 15.6 Å². The summed E-state index contributed by atoms with van der Waals surface area (Å²) in [5.74, 6) is 0.767. The zero-order valence-electron chi connectivity index (χ0n) is 14.6. The first-order valence-electron chi connectivity index (χ1n) is 8.37. The van der Waals surface area contributed by atoms with Gasteiger partial charge in [-0.3, -0.25) is 0 Å². The molecule has 4 rings (SSSR count). The van der Waals surface area contributed by atoms with Gasteiger partial charge in [-0.1, -0.05) is 35.9 Å². The predicted molar refractivity (Wildman–Crippen MR) is 107 cm³/mol. The second-order valence-electron chi connectivity index (χ2n) is 6.14. The first kappa shape index (κ1) is 18.4. The fourth-order valence-corrected chi connectivity index (χ4v) is 6.15. The van der Waals surface area contributed by atoms with Crippen molar-refractivity contribution in [2.75, 3.05) is 13.7 Å². The number of rotatable bonds is 4. The van der Waals surface area contributed by atoms with E-state index in [-0.39, 0.29) is 9.92 Å². The summed E-state index contributed by atoms with van der Waals surface area (Å²) in [7, 11) is -2.01. The van der Waals surface area contributed by atoms with E-state index in [0.29, 0.717) is 19.5 Å². The number of aromatic nitrogens is 1. The molecular weight excluding hydrogens is 404 g/mol. The van der Waals surface area contributed by atoms with Gasteiger partial charge in [0.1, 0.15) is 15.7 Å². The molecule has 0 saturated heterocycles. The monoisotopic (exact) mass is 420 g/mol. The minimum Gasteiger partial charge on any atom is -0.497 e. The van der Waals surface area contributed by atoms with Gasteiger partial charge < -0.3 is 4.74 Å². The summed E-state index contributed by atoms with van der Waals surface area (Å²) in [6, 6.07) is 14.3. The van der Waals surface area contributed by atoms with E-state index >= 15 is 0 Å². The molecule has 8 heteroatoms. The third kappa shape index (κ3) is 3.48. The molecule has 27 heavy (non-hydrogen) atoms. The number of thiazole rings is 1. The lowest BCUT2D eigenvalue weighted by Gasteiger charge is -2.25. The molecule has 0 radical (unpaired) electrons. The van der Waals surface area contributed by atoms with E-state index in [2.05, 4.69) is 0 Å². The van der Waals surface area contributed by atoms with Crippen molar-refractivity contribution in [3.63, 3.8) is 0 Å². The quantitative estimate of drug-likeness (QED) is 0.634. The number of fused-ring (bicyclic) bond motifs is 1. The molecule has 1 aliphatic rings. The highest BCUT2D eigenvalue weighted by Gasteiger charge is 2.31. The van der Waals surface area contributed by atoms with E-state index in [9.17, 15) is 8.42 Å².